The number of nitrogens with one attached hydrogen (secondary N) is 1. The molecule has 1 aliphatic rings. The van der Waals surface area contributed by atoms with Crippen LogP contribution in [0.5, 0.6) is 0 Å². The first-order valence-corrected chi connectivity index (χ1v) is 8.68. The van der Waals surface area contributed by atoms with E-state index in [1.165, 1.54) is 31.7 Å². The topological polar surface area (TPSA) is 117 Å². The molecule has 4 rings (SSSR count). The van der Waals surface area contributed by atoms with E-state index < -0.39 is 5.97 Å². The molecular formula is C18H20N6O3. The van der Waals surface area contributed by atoms with Gasteiger partial charge in [0.2, 0.25) is 5.91 Å². The summed E-state index contributed by atoms with van der Waals surface area (Å²) in [5.74, 6) is 5.10. The Hall–Kier alpha value is -3.20. The number of nitrogens with two attached hydrogens (primary N) is 1. The van der Waals surface area contributed by atoms with Crippen LogP contribution in [0.4, 0.5) is 0 Å². The third-order valence-corrected chi connectivity index (χ3v) is 4.64. The Kier molecular flexibility index (Phi) is 4.36. The molecular weight excluding hydrogens is 348 g/mol. The number of amides is 1. The zero-order valence-corrected chi connectivity index (χ0v) is 14.9. The van der Waals surface area contributed by atoms with Crippen LogP contribution in [0.3, 0.4) is 0 Å². The van der Waals surface area contributed by atoms with Crippen molar-refractivity contribution in [3.05, 3.63) is 53.2 Å². The molecule has 0 saturated heterocycles. The maximum absolute atomic E-state index is 11.8. The molecule has 0 bridgehead atoms. The van der Waals surface area contributed by atoms with Crippen molar-refractivity contribution in [2.45, 2.75) is 31.7 Å². The monoisotopic (exact) mass is 368 g/mol. The van der Waals surface area contributed by atoms with Gasteiger partial charge < -0.3 is 9.14 Å². The molecule has 3 aromatic rings. The minimum Gasteiger partial charge on any atom is -0.465 e. The summed E-state index contributed by atoms with van der Waals surface area (Å²) in [6.45, 7) is 0.403. The molecule has 1 saturated carbocycles. The molecule has 0 aliphatic heterocycles. The Labute approximate surface area is 155 Å². The number of hydrazine groups is 1. The molecule has 1 amide bonds. The highest BCUT2D eigenvalue weighted by Crippen LogP contribution is 2.40. The van der Waals surface area contributed by atoms with E-state index in [-0.39, 0.29) is 12.3 Å². The summed E-state index contributed by atoms with van der Waals surface area (Å²) in [7, 11) is 1.33. The van der Waals surface area contributed by atoms with Gasteiger partial charge >= 0.3 is 5.97 Å². The first-order valence-electron chi connectivity index (χ1n) is 8.68. The molecule has 0 aromatic carbocycles. The molecule has 27 heavy (non-hydrogen) atoms. The second kappa shape index (κ2) is 6.84. The number of esters is 1. The Balaban J connectivity index is 1.66. The number of ether oxygens (including phenoxy) is 1. The van der Waals surface area contributed by atoms with E-state index in [1.54, 1.807) is 10.9 Å². The molecule has 0 atom stereocenters. The van der Waals surface area contributed by atoms with Gasteiger partial charge in [-0.15, -0.1) is 0 Å². The largest absolute Gasteiger partial charge is 0.465 e. The Bertz CT molecular complexity index is 1020. The lowest BCUT2D eigenvalue weighted by atomic mass is 10.1. The predicted molar refractivity (Wildman–Crippen MR) is 95.9 cm³/mol. The molecule has 9 heteroatoms. The van der Waals surface area contributed by atoms with Gasteiger partial charge in [0.1, 0.15) is 5.65 Å². The van der Waals surface area contributed by atoms with Crippen molar-refractivity contribution >= 4 is 17.5 Å². The summed E-state index contributed by atoms with van der Waals surface area (Å²) in [5.41, 5.74) is 6.10. The van der Waals surface area contributed by atoms with Gasteiger partial charge in [-0.05, 0) is 30.4 Å². The quantitative estimate of drug-likeness (QED) is 0.287. The highest BCUT2D eigenvalue weighted by Gasteiger charge is 2.25. The number of hydrogen-bond acceptors (Lipinski definition) is 6. The number of hydrogen-bond donors (Lipinski definition) is 2. The number of carbonyl (C=O) groups excluding carboxylic acids is 2. The average molecular weight is 368 g/mol. The van der Waals surface area contributed by atoms with Gasteiger partial charge in [0.25, 0.3) is 0 Å². The van der Waals surface area contributed by atoms with Crippen molar-refractivity contribution < 1.29 is 14.3 Å². The van der Waals surface area contributed by atoms with Crippen molar-refractivity contribution in [1.82, 2.24) is 24.6 Å². The van der Waals surface area contributed by atoms with Crippen molar-refractivity contribution in [2.24, 2.45) is 5.84 Å². The van der Waals surface area contributed by atoms with E-state index >= 15 is 0 Å². The van der Waals surface area contributed by atoms with Gasteiger partial charge in [0.05, 0.1) is 37.5 Å². The molecule has 3 heterocycles. The molecule has 0 radical (unpaired) electrons. The summed E-state index contributed by atoms with van der Waals surface area (Å²) >= 11 is 0. The standard InChI is InChI=1S/C18H20N6O3/c1-27-18(26)14-6-20-24(8-14)10-15-9-23-7-13(11-2-3-11)4-12(17(23)21-15)5-16(25)22-19/h4,6-9,11H,2-3,5,10,19H2,1H3,(H,22,25). The van der Waals surface area contributed by atoms with E-state index in [0.717, 1.165) is 16.9 Å². The van der Waals surface area contributed by atoms with Crippen molar-refractivity contribution in [2.75, 3.05) is 7.11 Å². The fraction of sp³-hybridized carbons (Fsp3) is 0.333. The lowest BCUT2D eigenvalue weighted by molar-refractivity contribution is -0.120. The van der Waals surface area contributed by atoms with Gasteiger partial charge in [-0.1, -0.05) is 0 Å². The second-order valence-electron chi connectivity index (χ2n) is 6.70. The number of nitrogens with zero attached hydrogens (tertiary/aromatic N) is 4. The molecule has 140 valence electrons. The maximum Gasteiger partial charge on any atom is 0.341 e. The van der Waals surface area contributed by atoms with Crippen molar-refractivity contribution in [3.63, 3.8) is 0 Å². The molecule has 3 N–H and O–H groups in total. The van der Waals surface area contributed by atoms with Gasteiger partial charge in [0.15, 0.2) is 0 Å². The molecule has 1 fully saturated rings. The minimum absolute atomic E-state index is 0.172. The van der Waals surface area contributed by atoms with E-state index in [1.807, 2.05) is 16.7 Å². The number of methoxy groups -OCH3 is 1. The SMILES string of the molecule is COC(=O)c1cnn(Cc2cn3cc(C4CC4)cc(CC(=O)NN)c3n2)c1. The Morgan fingerprint density at radius 2 is 2.15 bits per heavy atom. The number of fused-ring (bicyclic) bond motifs is 1. The highest BCUT2D eigenvalue weighted by molar-refractivity contribution is 5.88. The first-order chi connectivity index (χ1) is 13.1. The fourth-order valence-electron chi connectivity index (χ4n) is 3.15. The first kappa shape index (κ1) is 17.2. The third-order valence-electron chi connectivity index (χ3n) is 4.64. The normalized spacial score (nSPS) is 13.7. The van der Waals surface area contributed by atoms with Crippen LogP contribution in [0.25, 0.3) is 5.65 Å². The summed E-state index contributed by atoms with van der Waals surface area (Å²) in [5, 5.41) is 4.18. The van der Waals surface area contributed by atoms with Crippen LogP contribution in [-0.4, -0.2) is 38.2 Å². The van der Waals surface area contributed by atoms with Crippen LogP contribution in [0, 0.1) is 0 Å². The number of aromatic nitrogens is 4. The molecule has 9 nitrogen and oxygen atoms in total. The van der Waals surface area contributed by atoms with Gasteiger partial charge in [-0.25, -0.2) is 15.6 Å². The number of carbonyl (C=O) groups is 2. The molecule has 3 aromatic heterocycles. The zero-order chi connectivity index (χ0) is 19.0. The van der Waals surface area contributed by atoms with Crippen LogP contribution >= 0.6 is 0 Å². The van der Waals surface area contributed by atoms with Crippen LogP contribution in [0.1, 0.15) is 45.9 Å². The molecule has 1 aliphatic carbocycles. The van der Waals surface area contributed by atoms with Crippen LogP contribution in [0.15, 0.2) is 30.9 Å². The Morgan fingerprint density at radius 1 is 1.33 bits per heavy atom. The van der Waals surface area contributed by atoms with Crippen LogP contribution in [-0.2, 0) is 22.5 Å². The fourth-order valence-corrected chi connectivity index (χ4v) is 3.15. The molecule has 0 spiro atoms. The van der Waals surface area contributed by atoms with Gasteiger partial charge in [-0.3, -0.25) is 14.9 Å². The lowest BCUT2D eigenvalue weighted by Gasteiger charge is -2.07. The van der Waals surface area contributed by atoms with E-state index in [2.05, 4.69) is 21.7 Å². The Morgan fingerprint density at radius 3 is 2.85 bits per heavy atom. The minimum atomic E-state index is -0.430. The third kappa shape index (κ3) is 3.54. The van der Waals surface area contributed by atoms with Crippen molar-refractivity contribution in [3.8, 4) is 0 Å². The second-order valence-corrected chi connectivity index (χ2v) is 6.70. The lowest BCUT2D eigenvalue weighted by Crippen LogP contribution is -2.31. The van der Waals surface area contributed by atoms with Gasteiger partial charge in [-0.2, -0.15) is 5.10 Å². The maximum atomic E-state index is 11.8. The van der Waals surface area contributed by atoms with Gasteiger partial charge in [0, 0.05) is 24.2 Å². The summed E-state index contributed by atoms with van der Waals surface area (Å²) in [4.78, 5) is 28.0. The number of imidazole rings is 1. The number of rotatable bonds is 6. The summed E-state index contributed by atoms with van der Waals surface area (Å²) in [6.07, 6.45) is 9.57. The summed E-state index contributed by atoms with van der Waals surface area (Å²) in [6, 6.07) is 2.04. The van der Waals surface area contributed by atoms with Crippen LogP contribution < -0.4 is 11.3 Å². The molecule has 0 unspecified atom stereocenters. The van der Waals surface area contributed by atoms with E-state index in [4.69, 9.17) is 10.6 Å². The highest BCUT2D eigenvalue weighted by atomic mass is 16.5. The zero-order valence-electron chi connectivity index (χ0n) is 14.9. The van der Waals surface area contributed by atoms with E-state index in [0.29, 0.717) is 18.0 Å². The predicted octanol–water partition coefficient (Wildman–Crippen LogP) is 0.776. The van der Waals surface area contributed by atoms with Crippen molar-refractivity contribution in [1.29, 1.82) is 0 Å². The summed E-state index contributed by atoms with van der Waals surface area (Å²) < 4.78 is 8.27. The van der Waals surface area contributed by atoms with Crippen LogP contribution in [0.2, 0.25) is 0 Å². The average Bonchev–Trinajstić information content (AvgIpc) is 3.28. The number of pyridine rings is 1. The smallest absolute Gasteiger partial charge is 0.341 e. The van der Waals surface area contributed by atoms with E-state index in [9.17, 15) is 9.59 Å².